The summed E-state index contributed by atoms with van der Waals surface area (Å²) < 4.78 is 31.8. The van der Waals surface area contributed by atoms with Gasteiger partial charge in [-0.25, -0.2) is 13.1 Å². The smallest absolute Gasteiger partial charge is 0.251 e. The molecule has 136 valence electrons. The lowest BCUT2D eigenvalue weighted by Crippen LogP contribution is -2.39. The van der Waals surface area contributed by atoms with Gasteiger partial charge in [0.2, 0.25) is 10.0 Å². The predicted octanol–water partition coefficient (Wildman–Crippen LogP) is 0.909. The first-order chi connectivity index (χ1) is 11.0. The van der Waals surface area contributed by atoms with E-state index >= 15 is 0 Å². The van der Waals surface area contributed by atoms with E-state index in [1.807, 2.05) is 0 Å². The highest BCUT2D eigenvalue weighted by Gasteiger charge is 2.17. The van der Waals surface area contributed by atoms with Crippen molar-refractivity contribution in [2.24, 2.45) is 0 Å². The molecule has 0 spiro atoms. The van der Waals surface area contributed by atoms with Crippen LogP contribution in [0.4, 0.5) is 5.69 Å². The van der Waals surface area contributed by atoms with Gasteiger partial charge in [0.05, 0.1) is 11.9 Å². The van der Waals surface area contributed by atoms with E-state index in [9.17, 15) is 13.2 Å². The van der Waals surface area contributed by atoms with Gasteiger partial charge in [-0.15, -0.1) is 12.4 Å². The third-order valence-corrected chi connectivity index (χ3v) is 4.96. The van der Waals surface area contributed by atoms with Gasteiger partial charge in [0, 0.05) is 30.9 Å². The van der Waals surface area contributed by atoms with Crippen LogP contribution in [0.5, 0.6) is 0 Å². The maximum atomic E-state index is 11.9. The number of carbonyl (C=O) groups is 1. The van der Waals surface area contributed by atoms with Gasteiger partial charge >= 0.3 is 0 Å². The molecule has 1 aliphatic rings. The quantitative estimate of drug-likeness (QED) is 0.611. The van der Waals surface area contributed by atoms with Crippen molar-refractivity contribution in [1.29, 1.82) is 0 Å². The highest BCUT2D eigenvalue weighted by molar-refractivity contribution is 7.89. The van der Waals surface area contributed by atoms with E-state index in [2.05, 4.69) is 10.0 Å². The lowest BCUT2D eigenvalue weighted by molar-refractivity contribution is 0.0200. The Balaban J connectivity index is 0.00000288. The van der Waals surface area contributed by atoms with E-state index in [-0.39, 0.29) is 43.3 Å². The van der Waals surface area contributed by atoms with Gasteiger partial charge in [-0.1, -0.05) is 6.07 Å². The maximum Gasteiger partial charge on any atom is 0.251 e. The Morgan fingerprint density at radius 2 is 2.12 bits per heavy atom. The van der Waals surface area contributed by atoms with Gasteiger partial charge in [0.25, 0.3) is 5.91 Å². The normalized spacial score (nSPS) is 17.8. The van der Waals surface area contributed by atoms with Crippen LogP contribution in [0.3, 0.4) is 0 Å². The maximum absolute atomic E-state index is 11.9. The lowest BCUT2D eigenvalue weighted by Gasteiger charge is -2.22. The topological polar surface area (TPSA) is 111 Å². The molecule has 0 saturated carbocycles. The molecule has 1 saturated heterocycles. The Morgan fingerprint density at radius 3 is 2.79 bits per heavy atom. The number of amides is 1. The number of anilines is 1. The summed E-state index contributed by atoms with van der Waals surface area (Å²) in [6, 6.07) is 6.52. The molecule has 1 aromatic rings. The van der Waals surface area contributed by atoms with Crippen molar-refractivity contribution in [3.8, 4) is 0 Å². The predicted molar refractivity (Wildman–Crippen MR) is 95.8 cm³/mol. The molecule has 9 heteroatoms. The molecule has 1 fully saturated rings. The fourth-order valence-electron chi connectivity index (χ4n) is 2.34. The molecule has 0 radical (unpaired) electrons. The summed E-state index contributed by atoms with van der Waals surface area (Å²) in [7, 11) is -3.44. The van der Waals surface area contributed by atoms with Crippen molar-refractivity contribution in [3.63, 3.8) is 0 Å². The third-order valence-electron chi connectivity index (χ3n) is 3.61. The van der Waals surface area contributed by atoms with Crippen LogP contribution in [0, 0.1) is 0 Å². The number of ether oxygens (including phenoxy) is 1. The van der Waals surface area contributed by atoms with Crippen molar-refractivity contribution in [2.45, 2.75) is 25.4 Å². The Morgan fingerprint density at radius 1 is 1.33 bits per heavy atom. The summed E-state index contributed by atoms with van der Waals surface area (Å²) in [5.74, 6) is -0.517. The summed E-state index contributed by atoms with van der Waals surface area (Å²) in [6.07, 6.45) is 2.90. The molecule has 24 heavy (non-hydrogen) atoms. The second-order valence-electron chi connectivity index (χ2n) is 5.54. The summed E-state index contributed by atoms with van der Waals surface area (Å²) in [5.41, 5.74) is 6.50. The average Bonchev–Trinajstić information content (AvgIpc) is 2.54. The van der Waals surface area contributed by atoms with E-state index in [0.717, 1.165) is 19.3 Å². The van der Waals surface area contributed by atoms with Crippen LogP contribution in [-0.4, -0.2) is 45.9 Å². The largest absolute Gasteiger partial charge is 0.399 e. The highest BCUT2D eigenvalue weighted by Crippen LogP contribution is 2.11. The molecule has 1 aliphatic heterocycles. The molecule has 1 amide bonds. The van der Waals surface area contributed by atoms with Gasteiger partial charge < -0.3 is 15.8 Å². The van der Waals surface area contributed by atoms with E-state index in [1.54, 1.807) is 24.3 Å². The Kier molecular flexibility index (Phi) is 8.47. The first-order valence-electron chi connectivity index (χ1n) is 7.69. The van der Waals surface area contributed by atoms with Gasteiger partial charge in [0.15, 0.2) is 0 Å². The minimum Gasteiger partial charge on any atom is -0.399 e. The van der Waals surface area contributed by atoms with Crippen molar-refractivity contribution in [1.82, 2.24) is 10.0 Å². The molecule has 2 rings (SSSR count). The van der Waals surface area contributed by atoms with Crippen LogP contribution >= 0.6 is 12.4 Å². The molecule has 1 atom stereocenters. The molecule has 1 unspecified atom stereocenters. The molecular weight excluding hydrogens is 354 g/mol. The first kappa shape index (κ1) is 20.7. The number of hydrogen-bond donors (Lipinski definition) is 3. The van der Waals surface area contributed by atoms with E-state index in [4.69, 9.17) is 10.5 Å². The molecule has 0 aliphatic carbocycles. The second kappa shape index (κ2) is 9.83. The number of rotatable bonds is 7. The summed E-state index contributed by atoms with van der Waals surface area (Å²) in [4.78, 5) is 11.9. The summed E-state index contributed by atoms with van der Waals surface area (Å²) in [6.45, 7) is 1.00. The van der Waals surface area contributed by atoms with Crippen molar-refractivity contribution < 1.29 is 17.9 Å². The molecule has 1 heterocycles. The number of sulfonamides is 1. The Bertz CT molecular complexity index is 633. The Labute approximate surface area is 148 Å². The number of carbonyl (C=O) groups excluding carboxylic acids is 1. The van der Waals surface area contributed by atoms with Crippen LogP contribution < -0.4 is 15.8 Å². The van der Waals surface area contributed by atoms with E-state index in [1.165, 1.54) is 0 Å². The lowest BCUT2D eigenvalue weighted by atomic mass is 10.1. The number of hydrogen-bond acceptors (Lipinski definition) is 5. The van der Waals surface area contributed by atoms with Crippen LogP contribution in [0.15, 0.2) is 24.3 Å². The van der Waals surface area contributed by atoms with Crippen LogP contribution in [0.1, 0.15) is 29.6 Å². The van der Waals surface area contributed by atoms with Crippen LogP contribution in [-0.2, 0) is 14.8 Å². The third kappa shape index (κ3) is 7.04. The van der Waals surface area contributed by atoms with Crippen molar-refractivity contribution >= 4 is 34.0 Å². The first-order valence-corrected chi connectivity index (χ1v) is 9.34. The minimum atomic E-state index is -3.44. The number of halogens is 1. The zero-order chi connectivity index (χ0) is 16.7. The monoisotopic (exact) mass is 377 g/mol. The van der Waals surface area contributed by atoms with Crippen LogP contribution in [0.25, 0.3) is 0 Å². The van der Waals surface area contributed by atoms with Gasteiger partial charge in [0.1, 0.15) is 0 Å². The molecule has 0 aromatic heterocycles. The summed E-state index contributed by atoms with van der Waals surface area (Å²) >= 11 is 0. The van der Waals surface area contributed by atoms with Crippen molar-refractivity contribution in [2.75, 3.05) is 31.2 Å². The fourth-order valence-corrected chi connectivity index (χ4v) is 3.30. The molecule has 7 nitrogen and oxygen atoms in total. The van der Waals surface area contributed by atoms with E-state index in [0.29, 0.717) is 17.9 Å². The second-order valence-corrected chi connectivity index (χ2v) is 7.46. The van der Waals surface area contributed by atoms with Gasteiger partial charge in [-0.05, 0) is 37.5 Å². The summed E-state index contributed by atoms with van der Waals surface area (Å²) in [5, 5.41) is 2.58. The number of benzene rings is 1. The van der Waals surface area contributed by atoms with Gasteiger partial charge in [-0.3, -0.25) is 4.79 Å². The van der Waals surface area contributed by atoms with E-state index < -0.39 is 10.0 Å². The van der Waals surface area contributed by atoms with Gasteiger partial charge in [-0.2, -0.15) is 0 Å². The number of nitrogen functional groups attached to an aromatic ring is 1. The molecule has 1 aromatic carbocycles. The number of nitrogens with two attached hydrogens (primary N) is 1. The zero-order valence-corrected chi connectivity index (χ0v) is 15.0. The fraction of sp³-hybridized carbons (Fsp3) is 0.533. The molecule has 4 N–H and O–H groups in total. The SMILES string of the molecule is Cl.Nc1cccc(C(=O)NCCS(=O)(=O)NCC2CCCCO2)c1. The van der Waals surface area contributed by atoms with Crippen molar-refractivity contribution in [3.05, 3.63) is 29.8 Å². The van der Waals surface area contributed by atoms with Crippen LogP contribution in [0.2, 0.25) is 0 Å². The number of nitrogens with one attached hydrogen (secondary N) is 2. The average molecular weight is 378 g/mol. The zero-order valence-electron chi connectivity index (χ0n) is 13.4. The minimum absolute atomic E-state index is 0. The highest BCUT2D eigenvalue weighted by atomic mass is 35.5. The standard InChI is InChI=1S/C15H23N3O4S.ClH/c16-13-5-3-4-12(10-13)15(19)17-7-9-23(20,21)18-11-14-6-1-2-8-22-14;/h3-5,10,14,18H,1-2,6-9,11,16H2,(H,17,19);1H. The molecule has 0 bridgehead atoms. The Hall–Kier alpha value is -1.35. The molecular formula is C15H24ClN3O4S.